The van der Waals surface area contributed by atoms with E-state index < -0.39 is 12.5 Å². The lowest BCUT2D eigenvalue weighted by molar-refractivity contribution is -0.117. The van der Waals surface area contributed by atoms with Crippen LogP contribution in [0.5, 0.6) is 11.5 Å². The minimum Gasteiger partial charge on any atom is -0.493 e. The lowest BCUT2D eigenvalue weighted by Gasteiger charge is -2.14. The summed E-state index contributed by atoms with van der Waals surface area (Å²) in [5.41, 5.74) is 1.22. The van der Waals surface area contributed by atoms with E-state index in [2.05, 4.69) is 10.1 Å². The Balaban J connectivity index is 2.19. The number of amides is 1. The quantitative estimate of drug-likeness (QED) is 0.587. The molecule has 7 heteroatoms. The third-order valence-corrected chi connectivity index (χ3v) is 3.73. The van der Waals surface area contributed by atoms with Crippen molar-refractivity contribution < 1.29 is 23.0 Å². The van der Waals surface area contributed by atoms with Gasteiger partial charge in [-0.15, -0.1) is 0 Å². The molecule has 0 aliphatic heterocycles. The summed E-state index contributed by atoms with van der Waals surface area (Å²) >= 11 is 0. The number of halogens is 2. The van der Waals surface area contributed by atoms with Crippen molar-refractivity contribution in [2.24, 2.45) is 0 Å². The molecule has 5 nitrogen and oxygen atoms in total. The van der Waals surface area contributed by atoms with Crippen molar-refractivity contribution in [2.45, 2.75) is 19.6 Å². The van der Waals surface area contributed by atoms with Crippen molar-refractivity contribution in [1.82, 2.24) is 5.32 Å². The number of hydrogen-bond acceptors (Lipinski definition) is 4. The Morgan fingerprint density at radius 1 is 1.19 bits per heavy atom. The molecule has 0 saturated heterocycles. The molecule has 1 atom stereocenters. The molecular weight excluding hydrogens is 354 g/mol. The zero-order valence-corrected chi connectivity index (χ0v) is 14.8. The maximum atomic E-state index is 12.4. The summed E-state index contributed by atoms with van der Waals surface area (Å²) in [5, 5.41) is 12.1. The number of hydrogen-bond donors (Lipinski definition) is 1. The fourth-order valence-electron chi connectivity index (χ4n) is 2.38. The molecule has 2 aromatic rings. The molecular formula is C20H18F2N2O3. The van der Waals surface area contributed by atoms with Gasteiger partial charge in [-0.2, -0.15) is 14.0 Å². The highest BCUT2D eigenvalue weighted by Gasteiger charge is 2.15. The number of alkyl halides is 2. The summed E-state index contributed by atoms with van der Waals surface area (Å²) in [6.07, 6.45) is 1.35. The van der Waals surface area contributed by atoms with E-state index in [1.165, 1.54) is 31.4 Å². The van der Waals surface area contributed by atoms with Crippen LogP contribution in [0.25, 0.3) is 6.08 Å². The van der Waals surface area contributed by atoms with Gasteiger partial charge >= 0.3 is 6.61 Å². The predicted octanol–water partition coefficient (Wildman–Crippen LogP) is 4.08. The number of benzene rings is 2. The molecule has 0 saturated carbocycles. The molecule has 0 heterocycles. The van der Waals surface area contributed by atoms with Gasteiger partial charge in [0.05, 0.1) is 13.2 Å². The average Bonchev–Trinajstić information content (AvgIpc) is 2.67. The number of nitrogens with one attached hydrogen (secondary N) is 1. The molecule has 2 aromatic carbocycles. The van der Waals surface area contributed by atoms with E-state index in [1.807, 2.05) is 43.3 Å². The van der Waals surface area contributed by atoms with Gasteiger partial charge in [0.25, 0.3) is 5.91 Å². The third kappa shape index (κ3) is 5.54. The number of carbonyl (C=O) groups excluding carboxylic acids is 1. The fourth-order valence-corrected chi connectivity index (χ4v) is 2.38. The summed E-state index contributed by atoms with van der Waals surface area (Å²) in [5.74, 6) is -0.606. The number of ether oxygens (including phenoxy) is 2. The van der Waals surface area contributed by atoms with E-state index >= 15 is 0 Å². The molecule has 27 heavy (non-hydrogen) atoms. The maximum absolute atomic E-state index is 12.4. The molecule has 0 bridgehead atoms. The maximum Gasteiger partial charge on any atom is 0.387 e. The largest absolute Gasteiger partial charge is 0.493 e. The van der Waals surface area contributed by atoms with Crippen molar-refractivity contribution in [3.63, 3.8) is 0 Å². The molecule has 0 spiro atoms. The average molecular weight is 372 g/mol. The first-order valence-electron chi connectivity index (χ1n) is 8.05. The smallest absolute Gasteiger partial charge is 0.387 e. The van der Waals surface area contributed by atoms with Crippen molar-refractivity contribution in [2.75, 3.05) is 7.11 Å². The first-order valence-corrected chi connectivity index (χ1v) is 8.05. The molecule has 0 aliphatic carbocycles. The molecule has 140 valence electrons. The molecule has 2 rings (SSSR count). The van der Waals surface area contributed by atoms with E-state index in [0.29, 0.717) is 5.56 Å². The Morgan fingerprint density at radius 2 is 1.89 bits per heavy atom. The van der Waals surface area contributed by atoms with Gasteiger partial charge in [-0.05, 0) is 36.3 Å². The molecule has 0 aliphatic rings. The Hall–Kier alpha value is -3.40. The van der Waals surface area contributed by atoms with E-state index in [0.717, 1.165) is 5.56 Å². The van der Waals surface area contributed by atoms with Crippen molar-refractivity contribution in [3.05, 3.63) is 65.2 Å². The summed E-state index contributed by atoms with van der Waals surface area (Å²) < 4.78 is 34.1. The van der Waals surface area contributed by atoms with E-state index in [-0.39, 0.29) is 23.1 Å². The number of nitrogens with zero attached hydrogens (tertiary/aromatic N) is 1. The van der Waals surface area contributed by atoms with Gasteiger partial charge < -0.3 is 14.8 Å². The Kier molecular flexibility index (Phi) is 6.89. The first kappa shape index (κ1) is 19.9. The van der Waals surface area contributed by atoms with Crippen LogP contribution in [0.2, 0.25) is 0 Å². The molecule has 1 N–H and O–H groups in total. The highest BCUT2D eigenvalue weighted by atomic mass is 19.3. The van der Waals surface area contributed by atoms with Crippen LogP contribution in [-0.2, 0) is 4.79 Å². The number of nitriles is 1. The van der Waals surface area contributed by atoms with Gasteiger partial charge in [-0.1, -0.05) is 36.4 Å². The van der Waals surface area contributed by atoms with Crippen LogP contribution in [0.4, 0.5) is 8.78 Å². The minimum absolute atomic E-state index is 0.0689. The lowest BCUT2D eigenvalue weighted by Crippen LogP contribution is -2.27. The van der Waals surface area contributed by atoms with Crippen LogP contribution >= 0.6 is 0 Å². The lowest BCUT2D eigenvalue weighted by atomic mass is 10.1. The minimum atomic E-state index is -2.99. The standard InChI is InChI=1S/C20H18F2N2O3/c1-13(15-6-4-3-5-7-15)24-19(25)16(12-23)10-14-8-9-17(27-20(21)22)18(11-14)26-2/h3-11,13,20H,1-2H3,(H,24,25)/b16-10+. The highest BCUT2D eigenvalue weighted by Crippen LogP contribution is 2.30. The van der Waals surface area contributed by atoms with Gasteiger partial charge in [-0.25, -0.2) is 0 Å². The number of rotatable bonds is 7. The van der Waals surface area contributed by atoms with Gasteiger partial charge in [-0.3, -0.25) is 4.79 Å². The van der Waals surface area contributed by atoms with Crippen LogP contribution in [0, 0.1) is 11.3 Å². The topological polar surface area (TPSA) is 71.3 Å². The summed E-state index contributed by atoms with van der Waals surface area (Å²) in [6, 6.07) is 15.0. The third-order valence-electron chi connectivity index (χ3n) is 3.73. The van der Waals surface area contributed by atoms with Crippen molar-refractivity contribution >= 4 is 12.0 Å². The molecule has 0 aromatic heterocycles. The van der Waals surface area contributed by atoms with Crippen LogP contribution in [0.15, 0.2) is 54.1 Å². The Bertz CT molecular complexity index is 861. The number of carbonyl (C=O) groups is 1. The predicted molar refractivity (Wildman–Crippen MR) is 96.2 cm³/mol. The summed E-state index contributed by atoms with van der Waals surface area (Å²) in [6.45, 7) is -1.18. The van der Waals surface area contributed by atoms with Gasteiger partial charge in [0, 0.05) is 0 Å². The fraction of sp³-hybridized carbons (Fsp3) is 0.200. The molecule has 0 radical (unpaired) electrons. The van der Waals surface area contributed by atoms with Gasteiger partial charge in [0.15, 0.2) is 11.5 Å². The molecule has 1 unspecified atom stereocenters. The van der Waals surface area contributed by atoms with E-state index in [4.69, 9.17) is 4.74 Å². The summed E-state index contributed by atoms with van der Waals surface area (Å²) in [7, 11) is 1.31. The molecule has 0 fully saturated rings. The van der Waals surface area contributed by atoms with Crippen LogP contribution in [0.3, 0.4) is 0 Å². The second kappa shape index (κ2) is 9.34. The van der Waals surface area contributed by atoms with Crippen LogP contribution in [0.1, 0.15) is 24.1 Å². The van der Waals surface area contributed by atoms with Gasteiger partial charge in [0.1, 0.15) is 11.6 Å². The summed E-state index contributed by atoms with van der Waals surface area (Å²) in [4.78, 5) is 12.4. The van der Waals surface area contributed by atoms with Gasteiger partial charge in [0.2, 0.25) is 0 Å². The normalized spacial score (nSPS) is 12.2. The second-order valence-electron chi connectivity index (χ2n) is 5.56. The Labute approximate surface area is 155 Å². The SMILES string of the molecule is COc1cc(/C=C(\C#N)C(=O)NC(C)c2ccccc2)ccc1OC(F)F. The Morgan fingerprint density at radius 3 is 2.48 bits per heavy atom. The second-order valence-corrected chi connectivity index (χ2v) is 5.56. The van der Waals surface area contributed by atoms with Crippen LogP contribution in [-0.4, -0.2) is 19.6 Å². The van der Waals surface area contributed by atoms with E-state index in [9.17, 15) is 18.8 Å². The number of methoxy groups -OCH3 is 1. The first-order chi connectivity index (χ1) is 12.9. The van der Waals surface area contributed by atoms with Crippen molar-refractivity contribution in [1.29, 1.82) is 5.26 Å². The highest BCUT2D eigenvalue weighted by molar-refractivity contribution is 6.01. The van der Waals surface area contributed by atoms with Crippen LogP contribution < -0.4 is 14.8 Å². The van der Waals surface area contributed by atoms with E-state index in [1.54, 1.807) is 0 Å². The van der Waals surface area contributed by atoms with Crippen molar-refractivity contribution in [3.8, 4) is 17.6 Å². The zero-order valence-electron chi connectivity index (χ0n) is 14.8. The molecule has 1 amide bonds. The zero-order chi connectivity index (χ0) is 19.8. The monoisotopic (exact) mass is 372 g/mol.